The molecule has 0 saturated carbocycles. The van der Waals surface area contributed by atoms with Crippen LogP contribution in [0, 0.1) is 0 Å². The largest absolute Gasteiger partial charge is 0.364 e. The number of hydrogen-bond acceptors (Lipinski definition) is 1. The molecule has 1 nitrogen and oxygen atoms in total. The molecule has 1 aliphatic heterocycles. The van der Waals surface area contributed by atoms with Crippen LogP contribution in [-0.2, 0) is 6.54 Å². The highest BCUT2D eigenvalue weighted by Crippen LogP contribution is 2.34. The number of fused-ring (bicyclic) bond motifs is 1. The molecule has 0 radical (unpaired) electrons. The van der Waals surface area contributed by atoms with E-state index in [9.17, 15) is 0 Å². The fraction of sp³-hybridized carbons (Fsp3) is 0.467. The van der Waals surface area contributed by atoms with Gasteiger partial charge in [-0.15, -0.1) is 0 Å². The summed E-state index contributed by atoms with van der Waals surface area (Å²) in [4.78, 5) is 2.48. The van der Waals surface area contributed by atoms with E-state index in [2.05, 4.69) is 49.6 Å². The number of nitrogens with zero attached hydrogens (tertiary/aromatic N) is 1. The molecule has 16 heavy (non-hydrogen) atoms. The molecule has 1 aliphatic rings. The van der Waals surface area contributed by atoms with E-state index >= 15 is 0 Å². The van der Waals surface area contributed by atoms with E-state index in [0.717, 1.165) is 6.54 Å². The number of hydrogen-bond donors (Lipinski definition) is 0. The Morgan fingerprint density at radius 3 is 2.69 bits per heavy atom. The van der Waals surface area contributed by atoms with Crippen molar-refractivity contribution < 1.29 is 0 Å². The molecular formula is C15H21N. The molecule has 2 rings (SSSR count). The highest BCUT2D eigenvalue weighted by atomic mass is 15.2. The Morgan fingerprint density at radius 2 is 2.06 bits per heavy atom. The normalized spacial score (nSPS) is 16.4. The molecule has 0 fully saturated rings. The Bertz CT molecular complexity index is 381. The fourth-order valence-corrected chi connectivity index (χ4v) is 2.64. The molecule has 1 unspecified atom stereocenters. The van der Waals surface area contributed by atoms with Gasteiger partial charge in [-0.2, -0.15) is 0 Å². The van der Waals surface area contributed by atoms with Crippen LogP contribution in [0.2, 0.25) is 0 Å². The van der Waals surface area contributed by atoms with Crippen LogP contribution in [0.4, 0.5) is 0 Å². The monoisotopic (exact) mass is 215 g/mol. The highest BCUT2D eigenvalue weighted by molar-refractivity contribution is 5.69. The topological polar surface area (TPSA) is 3.24 Å². The lowest BCUT2D eigenvalue weighted by Gasteiger charge is -2.29. The predicted octanol–water partition coefficient (Wildman–Crippen LogP) is 4.05. The lowest BCUT2D eigenvalue weighted by atomic mass is 10.1. The average Bonchev–Trinajstić information content (AvgIpc) is 2.64. The summed E-state index contributed by atoms with van der Waals surface area (Å²) in [7, 11) is 0. The molecule has 0 amide bonds. The molecule has 1 atom stereocenters. The summed E-state index contributed by atoms with van der Waals surface area (Å²) in [5.74, 6) is 0. The van der Waals surface area contributed by atoms with Gasteiger partial charge in [0.2, 0.25) is 0 Å². The Morgan fingerprint density at radius 1 is 1.31 bits per heavy atom. The van der Waals surface area contributed by atoms with Crippen LogP contribution >= 0.6 is 0 Å². The molecule has 1 heterocycles. The van der Waals surface area contributed by atoms with Crippen LogP contribution in [0.1, 0.15) is 44.2 Å². The summed E-state index contributed by atoms with van der Waals surface area (Å²) >= 11 is 0. The van der Waals surface area contributed by atoms with Gasteiger partial charge in [-0.05, 0) is 18.4 Å². The van der Waals surface area contributed by atoms with Crippen molar-refractivity contribution in [3.63, 3.8) is 0 Å². The van der Waals surface area contributed by atoms with E-state index in [4.69, 9.17) is 0 Å². The summed E-state index contributed by atoms with van der Waals surface area (Å²) < 4.78 is 0. The van der Waals surface area contributed by atoms with Gasteiger partial charge >= 0.3 is 0 Å². The molecule has 0 saturated heterocycles. The van der Waals surface area contributed by atoms with Crippen LogP contribution in [0.15, 0.2) is 30.8 Å². The van der Waals surface area contributed by atoms with Crippen LogP contribution < -0.4 is 0 Å². The van der Waals surface area contributed by atoms with Gasteiger partial charge < -0.3 is 4.90 Å². The van der Waals surface area contributed by atoms with Gasteiger partial charge in [0.1, 0.15) is 0 Å². The molecule has 0 aliphatic carbocycles. The van der Waals surface area contributed by atoms with Crippen molar-refractivity contribution in [1.82, 2.24) is 4.90 Å². The predicted molar refractivity (Wildman–Crippen MR) is 70.0 cm³/mol. The lowest BCUT2D eigenvalue weighted by molar-refractivity contribution is 0.274. The first-order chi connectivity index (χ1) is 7.77. The SMILES string of the molecule is C=C1c2ccccc2CN1C(CC)CCC. The van der Waals surface area contributed by atoms with Crippen LogP contribution in [0.5, 0.6) is 0 Å². The molecule has 1 heteroatoms. The van der Waals surface area contributed by atoms with Gasteiger partial charge in [0.25, 0.3) is 0 Å². The minimum absolute atomic E-state index is 0.657. The quantitative estimate of drug-likeness (QED) is 0.732. The van der Waals surface area contributed by atoms with E-state index in [1.807, 2.05) is 0 Å². The molecule has 1 aromatic rings. The van der Waals surface area contributed by atoms with Gasteiger partial charge in [-0.1, -0.05) is 51.1 Å². The molecule has 86 valence electrons. The minimum atomic E-state index is 0.657. The van der Waals surface area contributed by atoms with Crippen molar-refractivity contribution in [3.05, 3.63) is 42.0 Å². The molecule has 0 N–H and O–H groups in total. The zero-order valence-electron chi connectivity index (χ0n) is 10.4. The first-order valence-electron chi connectivity index (χ1n) is 6.31. The maximum atomic E-state index is 4.25. The van der Waals surface area contributed by atoms with Crippen molar-refractivity contribution >= 4 is 5.70 Å². The van der Waals surface area contributed by atoms with E-state index in [1.165, 1.54) is 36.1 Å². The Kier molecular flexibility index (Phi) is 3.33. The van der Waals surface area contributed by atoms with Gasteiger partial charge in [-0.25, -0.2) is 0 Å². The zero-order valence-corrected chi connectivity index (χ0v) is 10.4. The Balaban J connectivity index is 2.20. The third-order valence-corrected chi connectivity index (χ3v) is 3.55. The minimum Gasteiger partial charge on any atom is -0.364 e. The molecule has 0 spiro atoms. The van der Waals surface area contributed by atoms with Crippen molar-refractivity contribution in [2.24, 2.45) is 0 Å². The zero-order chi connectivity index (χ0) is 11.5. The lowest BCUT2D eigenvalue weighted by Crippen LogP contribution is -2.28. The van der Waals surface area contributed by atoms with Gasteiger partial charge in [0.15, 0.2) is 0 Å². The van der Waals surface area contributed by atoms with Crippen molar-refractivity contribution in [2.45, 2.75) is 45.7 Å². The second-order valence-electron chi connectivity index (χ2n) is 4.58. The van der Waals surface area contributed by atoms with Crippen LogP contribution in [-0.4, -0.2) is 10.9 Å². The maximum Gasteiger partial charge on any atom is 0.0439 e. The molecule has 0 bridgehead atoms. The average molecular weight is 215 g/mol. The summed E-state index contributed by atoms with van der Waals surface area (Å²) in [5.41, 5.74) is 4.00. The van der Waals surface area contributed by atoms with Gasteiger partial charge in [0, 0.05) is 23.8 Å². The van der Waals surface area contributed by atoms with Crippen molar-refractivity contribution in [1.29, 1.82) is 0 Å². The van der Waals surface area contributed by atoms with Crippen molar-refractivity contribution in [3.8, 4) is 0 Å². The Labute approximate surface area is 98.8 Å². The smallest absolute Gasteiger partial charge is 0.0439 e. The summed E-state index contributed by atoms with van der Waals surface area (Å²) in [6.45, 7) is 9.84. The number of rotatable bonds is 4. The maximum absolute atomic E-state index is 4.25. The van der Waals surface area contributed by atoms with E-state index in [-0.39, 0.29) is 0 Å². The van der Waals surface area contributed by atoms with Gasteiger partial charge in [-0.3, -0.25) is 0 Å². The third-order valence-electron chi connectivity index (χ3n) is 3.55. The second kappa shape index (κ2) is 4.73. The first kappa shape index (κ1) is 11.3. The summed E-state index contributed by atoms with van der Waals surface area (Å²) in [5, 5.41) is 0. The fourth-order valence-electron chi connectivity index (χ4n) is 2.64. The first-order valence-corrected chi connectivity index (χ1v) is 6.31. The van der Waals surface area contributed by atoms with Crippen LogP contribution in [0.3, 0.4) is 0 Å². The summed E-state index contributed by atoms with van der Waals surface area (Å²) in [6.07, 6.45) is 3.73. The van der Waals surface area contributed by atoms with Crippen molar-refractivity contribution in [2.75, 3.05) is 0 Å². The molecule has 0 aromatic heterocycles. The van der Waals surface area contributed by atoms with Gasteiger partial charge in [0.05, 0.1) is 0 Å². The van der Waals surface area contributed by atoms with E-state index in [1.54, 1.807) is 0 Å². The standard InChI is InChI=1S/C15H21N/c1-4-8-14(5-2)16-11-13-9-6-7-10-15(13)12(16)3/h6-7,9-10,14H,3-5,8,11H2,1-2H3. The number of benzene rings is 1. The van der Waals surface area contributed by atoms with E-state index in [0.29, 0.717) is 6.04 Å². The molecular weight excluding hydrogens is 194 g/mol. The Hall–Kier alpha value is -1.24. The second-order valence-corrected chi connectivity index (χ2v) is 4.58. The van der Waals surface area contributed by atoms with E-state index < -0.39 is 0 Å². The highest BCUT2D eigenvalue weighted by Gasteiger charge is 2.26. The molecule has 1 aromatic carbocycles. The third kappa shape index (κ3) is 1.87. The van der Waals surface area contributed by atoms with Crippen LogP contribution in [0.25, 0.3) is 5.70 Å². The summed E-state index contributed by atoms with van der Waals surface area (Å²) in [6, 6.07) is 9.30.